The van der Waals surface area contributed by atoms with Gasteiger partial charge < -0.3 is 5.32 Å². The minimum atomic E-state index is -3.77. The normalized spacial score (nSPS) is 18.8. The summed E-state index contributed by atoms with van der Waals surface area (Å²) in [7, 11) is -3.77. The van der Waals surface area contributed by atoms with Crippen LogP contribution in [0.25, 0.3) is 0 Å². The molecule has 2 aromatic carbocycles. The Morgan fingerprint density at radius 3 is 2.54 bits per heavy atom. The molecule has 1 atom stereocenters. The zero-order chi connectivity index (χ0) is 19.1. The molecule has 0 saturated carbocycles. The fraction of sp³-hybridized carbons (Fsp3) is 0.176. The number of amides is 2. The van der Waals surface area contributed by atoms with Gasteiger partial charge in [0.2, 0.25) is 15.9 Å². The van der Waals surface area contributed by atoms with E-state index in [4.69, 9.17) is 23.2 Å². The zero-order valence-electron chi connectivity index (χ0n) is 13.6. The van der Waals surface area contributed by atoms with Gasteiger partial charge in [-0.2, -0.15) is 0 Å². The Labute approximate surface area is 160 Å². The zero-order valence-corrected chi connectivity index (χ0v) is 15.9. The lowest BCUT2D eigenvalue weighted by atomic mass is 10.1. The number of carbonyl (C=O) groups excluding carboxylic acids is 2. The van der Waals surface area contributed by atoms with Crippen LogP contribution in [-0.2, 0) is 14.8 Å². The van der Waals surface area contributed by atoms with Crippen LogP contribution in [-0.4, -0.2) is 26.0 Å². The van der Waals surface area contributed by atoms with Crippen molar-refractivity contribution in [2.45, 2.75) is 6.92 Å². The quantitative estimate of drug-likeness (QED) is 0.834. The van der Waals surface area contributed by atoms with E-state index in [1.165, 1.54) is 18.2 Å². The number of anilines is 2. The summed E-state index contributed by atoms with van der Waals surface area (Å²) in [6, 6.07) is 10.6. The van der Waals surface area contributed by atoms with Gasteiger partial charge in [0.1, 0.15) is 0 Å². The average molecular weight is 413 g/mol. The summed E-state index contributed by atoms with van der Waals surface area (Å²) in [6.07, 6.45) is 0. The summed E-state index contributed by atoms with van der Waals surface area (Å²) in [5, 5.41) is 3.22. The van der Waals surface area contributed by atoms with Crippen molar-refractivity contribution in [3.05, 3.63) is 58.1 Å². The SMILES string of the molecule is CC1CS(=O)(=O)N(c2ccc(Cl)c(C(=O)Nc3cccc(Cl)c3)c2)C1=O. The minimum absolute atomic E-state index is 0.0479. The van der Waals surface area contributed by atoms with Gasteiger partial charge in [-0.1, -0.05) is 36.2 Å². The number of nitrogens with zero attached hydrogens (tertiary/aromatic N) is 1. The van der Waals surface area contributed by atoms with Gasteiger partial charge in [-0.15, -0.1) is 0 Å². The van der Waals surface area contributed by atoms with Gasteiger partial charge in [0.15, 0.2) is 0 Å². The highest BCUT2D eigenvalue weighted by molar-refractivity contribution is 7.94. The van der Waals surface area contributed by atoms with E-state index in [1.54, 1.807) is 31.2 Å². The van der Waals surface area contributed by atoms with Gasteiger partial charge in [0, 0.05) is 10.7 Å². The summed E-state index contributed by atoms with van der Waals surface area (Å²) in [5.74, 6) is -1.98. The summed E-state index contributed by atoms with van der Waals surface area (Å²) in [5.41, 5.74) is 0.592. The molecule has 1 fully saturated rings. The third kappa shape index (κ3) is 3.56. The lowest BCUT2D eigenvalue weighted by Crippen LogP contribution is -2.30. The fourth-order valence-corrected chi connectivity index (χ4v) is 4.87. The van der Waals surface area contributed by atoms with E-state index in [0.717, 1.165) is 4.31 Å². The van der Waals surface area contributed by atoms with Crippen molar-refractivity contribution >= 4 is 56.4 Å². The van der Waals surface area contributed by atoms with Crippen molar-refractivity contribution in [1.29, 1.82) is 0 Å². The second-order valence-electron chi connectivity index (χ2n) is 5.91. The maximum atomic E-state index is 12.5. The van der Waals surface area contributed by atoms with Gasteiger partial charge in [-0.05, 0) is 36.4 Å². The Hall–Kier alpha value is -2.09. The van der Waals surface area contributed by atoms with Crippen molar-refractivity contribution in [2.24, 2.45) is 5.92 Å². The van der Waals surface area contributed by atoms with Crippen LogP contribution in [0.4, 0.5) is 11.4 Å². The molecule has 9 heteroatoms. The third-order valence-electron chi connectivity index (χ3n) is 3.87. The van der Waals surface area contributed by atoms with Crippen LogP contribution < -0.4 is 9.62 Å². The van der Waals surface area contributed by atoms with Crippen LogP contribution in [0.2, 0.25) is 10.0 Å². The molecule has 26 heavy (non-hydrogen) atoms. The molecule has 6 nitrogen and oxygen atoms in total. The number of hydrogen-bond acceptors (Lipinski definition) is 4. The smallest absolute Gasteiger partial charge is 0.257 e. The monoisotopic (exact) mass is 412 g/mol. The molecule has 0 radical (unpaired) electrons. The second-order valence-corrected chi connectivity index (χ2v) is 8.62. The Bertz CT molecular complexity index is 1010. The Morgan fingerprint density at radius 2 is 1.92 bits per heavy atom. The van der Waals surface area contributed by atoms with Crippen molar-refractivity contribution < 1.29 is 18.0 Å². The summed E-state index contributed by atoms with van der Waals surface area (Å²) >= 11 is 12.0. The molecule has 1 unspecified atom stereocenters. The van der Waals surface area contributed by atoms with Crippen LogP contribution in [0.5, 0.6) is 0 Å². The van der Waals surface area contributed by atoms with E-state index >= 15 is 0 Å². The van der Waals surface area contributed by atoms with Crippen molar-refractivity contribution in [3.63, 3.8) is 0 Å². The molecule has 0 bridgehead atoms. The molecule has 0 aliphatic carbocycles. The Morgan fingerprint density at radius 1 is 1.19 bits per heavy atom. The van der Waals surface area contributed by atoms with Crippen molar-refractivity contribution in [2.75, 3.05) is 15.4 Å². The molecule has 2 amide bonds. The first-order valence-corrected chi connectivity index (χ1v) is 9.99. The number of nitrogens with one attached hydrogen (secondary N) is 1. The molecule has 136 valence electrons. The number of halogens is 2. The minimum Gasteiger partial charge on any atom is -0.322 e. The molecule has 1 aliphatic heterocycles. The highest BCUT2D eigenvalue weighted by atomic mass is 35.5. The van der Waals surface area contributed by atoms with Crippen LogP contribution in [0.3, 0.4) is 0 Å². The summed E-state index contributed by atoms with van der Waals surface area (Å²) in [4.78, 5) is 24.7. The predicted octanol–water partition coefficient (Wildman–Crippen LogP) is 3.56. The molecule has 1 heterocycles. The van der Waals surface area contributed by atoms with Gasteiger partial charge in [0.25, 0.3) is 5.91 Å². The molecule has 1 N–H and O–H groups in total. The van der Waals surface area contributed by atoms with Crippen LogP contribution >= 0.6 is 23.2 Å². The number of rotatable bonds is 3. The number of hydrogen-bond donors (Lipinski definition) is 1. The lowest BCUT2D eigenvalue weighted by molar-refractivity contribution is -0.119. The first-order valence-electron chi connectivity index (χ1n) is 7.62. The predicted molar refractivity (Wildman–Crippen MR) is 101 cm³/mol. The largest absolute Gasteiger partial charge is 0.322 e. The molecular weight excluding hydrogens is 399 g/mol. The maximum Gasteiger partial charge on any atom is 0.257 e. The third-order valence-corrected chi connectivity index (χ3v) is 6.31. The highest BCUT2D eigenvalue weighted by Crippen LogP contribution is 2.31. The Kier molecular flexibility index (Phi) is 4.96. The molecule has 2 aromatic rings. The second kappa shape index (κ2) is 6.90. The van der Waals surface area contributed by atoms with Crippen LogP contribution in [0, 0.1) is 5.92 Å². The van der Waals surface area contributed by atoms with Crippen LogP contribution in [0.1, 0.15) is 17.3 Å². The number of sulfonamides is 1. The van der Waals surface area contributed by atoms with E-state index in [0.29, 0.717) is 10.7 Å². The van der Waals surface area contributed by atoms with Gasteiger partial charge >= 0.3 is 0 Å². The highest BCUT2D eigenvalue weighted by Gasteiger charge is 2.42. The van der Waals surface area contributed by atoms with E-state index in [2.05, 4.69) is 5.32 Å². The lowest BCUT2D eigenvalue weighted by Gasteiger charge is -2.17. The van der Waals surface area contributed by atoms with Gasteiger partial charge in [-0.3, -0.25) is 9.59 Å². The standard InChI is InChI=1S/C17H14Cl2N2O4S/c1-10-9-26(24,25)21(17(10)23)13-5-6-15(19)14(8-13)16(22)20-12-4-2-3-11(18)7-12/h2-8,10H,9H2,1H3,(H,20,22). The number of benzene rings is 2. The van der Waals surface area contributed by atoms with E-state index in [9.17, 15) is 18.0 Å². The van der Waals surface area contributed by atoms with Crippen molar-refractivity contribution in [1.82, 2.24) is 0 Å². The topological polar surface area (TPSA) is 83.6 Å². The van der Waals surface area contributed by atoms with Crippen molar-refractivity contribution in [3.8, 4) is 0 Å². The summed E-state index contributed by atoms with van der Waals surface area (Å²) in [6.45, 7) is 1.54. The van der Waals surface area contributed by atoms with Gasteiger partial charge in [0.05, 0.1) is 27.9 Å². The fourth-order valence-electron chi connectivity index (χ4n) is 2.67. The molecule has 0 aromatic heterocycles. The molecule has 0 spiro atoms. The van der Waals surface area contributed by atoms with E-state index in [1.807, 2.05) is 0 Å². The van der Waals surface area contributed by atoms with Gasteiger partial charge in [-0.25, -0.2) is 12.7 Å². The van der Waals surface area contributed by atoms with Crippen LogP contribution in [0.15, 0.2) is 42.5 Å². The first kappa shape index (κ1) is 18.7. The average Bonchev–Trinajstić information content (AvgIpc) is 2.76. The first-order chi connectivity index (χ1) is 12.2. The van der Waals surface area contributed by atoms with E-state index < -0.39 is 27.8 Å². The maximum absolute atomic E-state index is 12.5. The van der Waals surface area contributed by atoms with E-state index in [-0.39, 0.29) is 22.0 Å². The molecule has 1 saturated heterocycles. The molecule has 1 aliphatic rings. The Balaban J connectivity index is 1.95. The molecule has 3 rings (SSSR count). The molecular formula is C17H14Cl2N2O4S. The summed E-state index contributed by atoms with van der Waals surface area (Å²) < 4.78 is 25.2. The number of carbonyl (C=O) groups is 2.